The Morgan fingerprint density at radius 3 is 2.55 bits per heavy atom. The number of aryl methyl sites for hydroxylation is 1. The van der Waals surface area contributed by atoms with Crippen LogP contribution in [0, 0.1) is 0 Å². The summed E-state index contributed by atoms with van der Waals surface area (Å²) in [5.74, 6) is 0.129. The Labute approximate surface area is 133 Å². The molecule has 1 amide bonds. The van der Waals surface area contributed by atoms with Crippen LogP contribution >= 0.6 is 0 Å². The first-order valence-corrected chi connectivity index (χ1v) is 8.55. The summed E-state index contributed by atoms with van der Waals surface area (Å²) in [7, 11) is 2.03. The normalized spacial score (nSPS) is 11.0. The van der Waals surface area contributed by atoms with E-state index in [9.17, 15) is 4.79 Å². The molecule has 22 heavy (non-hydrogen) atoms. The van der Waals surface area contributed by atoms with Crippen molar-refractivity contribution >= 4 is 22.5 Å². The summed E-state index contributed by atoms with van der Waals surface area (Å²) >= 11 is 0. The second kappa shape index (κ2) is 8.62. The van der Waals surface area contributed by atoms with Gasteiger partial charge in [0.15, 0.2) is 0 Å². The molecule has 2 aromatic rings. The van der Waals surface area contributed by atoms with E-state index in [1.807, 2.05) is 25.4 Å². The van der Waals surface area contributed by atoms with E-state index in [-0.39, 0.29) is 5.91 Å². The van der Waals surface area contributed by atoms with Crippen molar-refractivity contribution < 1.29 is 4.79 Å². The fourth-order valence-electron chi connectivity index (χ4n) is 2.83. The second-order valence-electron chi connectivity index (χ2n) is 6.12. The summed E-state index contributed by atoms with van der Waals surface area (Å²) in [6.45, 7) is 2.23. The molecule has 3 nitrogen and oxygen atoms in total. The SMILES string of the molecule is CCCCCCCCCC(=O)Nc1ccc2c(ccn2C)c1. The van der Waals surface area contributed by atoms with Crippen LogP contribution in [0.3, 0.4) is 0 Å². The Kier molecular flexibility index (Phi) is 6.50. The highest BCUT2D eigenvalue weighted by molar-refractivity contribution is 5.93. The van der Waals surface area contributed by atoms with Crippen molar-refractivity contribution in [3.8, 4) is 0 Å². The number of fused-ring (bicyclic) bond motifs is 1. The van der Waals surface area contributed by atoms with Crippen LogP contribution in [0.25, 0.3) is 10.9 Å². The third-order valence-electron chi connectivity index (χ3n) is 4.18. The van der Waals surface area contributed by atoms with Gasteiger partial charge in [-0.3, -0.25) is 4.79 Å². The van der Waals surface area contributed by atoms with Gasteiger partial charge >= 0.3 is 0 Å². The maximum Gasteiger partial charge on any atom is 0.224 e. The molecule has 0 saturated carbocycles. The average Bonchev–Trinajstić information content (AvgIpc) is 2.87. The topological polar surface area (TPSA) is 34.0 Å². The molecule has 1 aromatic heterocycles. The number of amides is 1. The third-order valence-corrected chi connectivity index (χ3v) is 4.18. The minimum Gasteiger partial charge on any atom is -0.351 e. The van der Waals surface area contributed by atoms with Crippen LogP contribution < -0.4 is 5.32 Å². The zero-order valence-electron chi connectivity index (χ0n) is 13.9. The van der Waals surface area contributed by atoms with Gasteiger partial charge in [0.05, 0.1) is 0 Å². The third kappa shape index (κ3) is 4.90. The average molecular weight is 300 g/mol. The van der Waals surface area contributed by atoms with Crippen LogP contribution in [-0.2, 0) is 11.8 Å². The monoisotopic (exact) mass is 300 g/mol. The van der Waals surface area contributed by atoms with Crippen LogP contribution in [0.4, 0.5) is 5.69 Å². The minimum absolute atomic E-state index is 0.129. The number of rotatable bonds is 9. The minimum atomic E-state index is 0.129. The highest BCUT2D eigenvalue weighted by Crippen LogP contribution is 2.20. The van der Waals surface area contributed by atoms with E-state index >= 15 is 0 Å². The van der Waals surface area contributed by atoms with Crippen LogP contribution in [-0.4, -0.2) is 10.5 Å². The first-order valence-electron chi connectivity index (χ1n) is 8.55. The molecular weight excluding hydrogens is 272 g/mol. The molecule has 3 heteroatoms. The van der Waals surface area contributed by atoms with Gasteiger partial charge in [-0.25, -0.2) is 0 Å². The van der Waals surface area contributed by atoms with Gasteiger partial charge in [-0.2, -0.15) is 0 Å². The zero-order chi connectivity index (χ0) is 15.8. The van der Waals surface area contributed by atoms with Crippen molar-refractivity contribution in [2.75, 3.05) is 5.32 Å². The van der Waals surface area contributed by atoms with Crippen LogP contribution in [0.15, 0.2) is 30.5 Å². The van der Waals surface area contributed by atoms with Crippen molar-refractivity contribution in [1.82, 2.24) is 4.57 Å². The molecule has 2 rings (SSSR count). The fourth-order valence-corrected chi connectivity index (χ4v) is 2.83. The molecule has 0 aliphatic carbocycles. The van der Waals surface area contributed by atoms with E-state index in [1.54, 1.807) is 0 Å². The highest BCUT2D eigenvalue weighted by atomic mass is 16.1. The molecule has 0 saturated heterocycles. The maximum absolute atomic E-state index is 12.0. The molecule has 0 atom stereocenters. The van der Waals surface area contributed by atoms with Crippen molar-refractivity contribution in [2.45, 2.75) is 58.3 Å². The molecule has 0 radical (unpaired) electrons. The van der Waals surface area contributed by atoms with E-state index in [0.717, 1.165) is 23.9 Å². The van der Waals surface area contributed by atoms with E-state index in [2.05, 4.69) is 28.9 Å². The quantitative estimate of drug-likeness (QED) is 0.630. The Bertz CT molecular complexity index is 601. The number of carbonyl (C=O) groups excluding carboxylic acids is 1. The summed E-state index contributed by atoms with van der Waals surface area (Å²) in [5, 5.41) is 4.17. The lowest BCUT2D eigenvalue weighted by Crippen LogP contribution is -2.10. The Balaban J connectivity index is 1.69. The molecule has 0 bridgehead atoms. The molecule has 120 valence electrons. The fraction of sp³-hybridized carbons (Fsp3) is 0.526. The highest BCUT2D eigenvalue weighted by Gasteiger charge is 2.04. The first-order chi connectivity index (χ1) is 10.7. The van der Waals surface area contributed by atoms with Crippen molar-refractivity contribution in [3.63, 3.8) is 0 Å². The zero-order valence-corrected chi connectivity index (χ0v) is 13.9. The summed E-state index contributed by atoms with van der Waals surface area (Å²) in [6.07, 6.45) is 11.3. The van der Waals surface area contributed by atoms with Crippen LogP contribution in [0.5, 0.6) is 0 Å². The van der Waals surface area contributed by atoms with Crippen LogP contribution in [0.2, 0.25) is 0 Å². The van der Waals surface area contributed by atoms with Gasteiger partial charge in [0.2, 0.25) is 5.91 Å². The number of aromatic nitrogens is 1. The maximum atomic E-state index is 12.0. The lowest BCUT2D eigenvalue weighted by atomic mass is 10.1. The van der Waals surface area contributed by atoms with Gasteiger partial charge in [-0.05, 0) is 30.7 Å². The standard InChI is InChI=1S/C19H28N2O/c1-3-4-5-6-7-8-9-10-19(22)20-17-11-12-18-16(15-17)13-14-21(18)2/h11-15H,3-10H2,1-2H3,(H,20,22). The van der Waals surface area contributed by atoms with E-state index in [1.165, 1.54) is 37.6 Å². The van der Waals surface area contributed by atoms with E-state index < -0.39 is 0 Å². The smallest absolute Gasteiger partial charge is 0.224 e. The number of benzene rings is 1. The van der Waals surface area contributed by atoms with Crippen molar-refractivity contribution in [3.05, 3.63) is 30.5 Å². The van der Waals surface area contributed by atoms with Gasteiger partial charge < -0.3 is 9.88 Å². The molecule has 0 aliphatic rings. The van der Waals surface area contributed by atoms with Crippen LogP contribution in [0.1, 0.15) is 58.3 Å². The summed E-state index contributed by atoms with van der Waals surface area (Å²) in [4.78, 5) is 12.0. The number of nitrogens with zero attached hydrogens (tertiary/aromatic N) is 1. The number of nitrogens with one attached hydrogen (secondary N) is 1. The predicted molar refractivity (Wildman–Crippen MR) is 94.2 cm³/mol. The number of carbonyl (C=O) groups is 1. The lowest BCUT2D eigenvalue weighted by Gasteiger charge is -2.06. The number of unbranched alkanes of at least 4 members (excludes halogenated alkanes) is 6. The summed E-state index contributed by atoms with van der Waals surface area (Å²) < 4.78 is 2.08. The molecule has 1 N–H and O–H groups in total. The summed E-state index contributed by atoms with van der Waals surface area (Å²) in [5.41, 5.74) is 2.08. The number of hydrogen-bond donors (Lipinski definition) is 1. The Morgan fingerprint density at radius 1 is 1.05 bits per heavy atom. The molecule has 1 aromatic carbocycles. The Hall–Kier alpha value is -1.77. The number of anilines is 1. The van der Waals surface area contributed by atoms with Gasteiger partial charge in [-0.15, -0.1) is 0 Å². The van der Waals surface area contributed by atoms with Gasteiger partial charge in [0.1, 0.15) is 0 Å². The van der Waals surface area contributed by atoms with Gasteiger partial charge in [0, 0.05) is 36.3 Å². The molecule has 0 fully saturated rings. The molecular formula is C19H28N2O. The molecule has 0 unspecified atom stereocenters. The van der Waals surface area contributed by atoms with Crippen molar-refractivity contribution in [1.29, 1.82) is 0 Å². The van der Waals surface area contributed by atoms with Gasteiger partial charge in [0.25, 0.3) is 0 Å². The van der Waals surface area contributed by atoms with E-state index in [0.29, 0.717) is 6.42 Å². The summed E-state index contributed by atoms with van der Waals surface area (Å²) in [6, 6.07) is 8.14. The van der Waals surface area contributed by atoms with E-state index in [4.69, 9.17) is 0 Å². The van der Waals surface area contributed by atoms with Gasteiger partial charge in [-0.1, -0.05) is 45.4 Å². The Morgan fingerprint density at radius 2 is 1.77 bits per heavy atom. The largest absolute Gasteiger partial charge is 0.351 e. The second-order valence-corrected chi connectivity index (χ2v) is 6.12. The molecule has 0 aliphatic heterocycles. The predicted octanol–water partition coefficient (Wildman–Crippen LogP) is 5.26. The molecule has 1 heterocycles. The number of hydrogen-bond acceptors (Lipinski definition) is 1. The lowest BCUT2D eigenvalue weighted by molar-refractivity contribution is -0.116. The molecule has 0 spiro atoms. The first kappa shape index (κ1) is 16.6. The van der Waals surface area contributed by atoms with Crippen molar-refractivity contribution in [2.24, 2.45) is 7.05 Å².